The minimum atomic E-state index is -0.204. The summed E-state index contributed by atoms with van der Waals surface area (Å²) in [5.41, 5.74) is 9.50. The molecule has 1 aromatic heterocycles. The molecule has 0 aliphatic carbocycles. The van der Waals surface area contributed by atoms with E-state index in [0.717, 1.165) is 11.1 Å². The number of benzene rings is 1. The Balaban J connectivity index is 2.16. The van der Waals surface area contributed by atoms with Crippen LogP contribution in [-0.2, 0) is 0 Å². The monoisotopic (exact) mass is 285 g/mol. The van der Waals surface area contributed by atoms with E-state index in [4.69, 9.17) is 10.5 Å². The van der Waals surface area contributed by atoms with Gasteiger partial charge in [-0.3, -0.25) is 4.79 Å². The maximum absolute atomic E-state index is 12.3. The van der Waals surface area contributed by atoms with E-state index in [2.05, 4.69) is 10.3 Å². The number of ether oxygens (including phenoxy) is 1. The van der Waals surface area contributed by atoms with Gasteiger partial charge in [0.25, 0.3) is 5.91 Å². The van der Waals surface area contributed by atoms with Gasteiger partial charge in [0.2, 0.25) is 5.88 Å². The van der Waals surface area contributed by atoms with Crippen LogP contribution in [0.25, 0.3) is 0 Å². The Hall–Kier alpha value is -2.56. The molecule has 0 aliphatic heterocycles. The van der Waals surface area contributed by atoms with E-state index >= 15 is 0 Å². The van der Waals surface area contributed by atoms with Crippen LogP contribution in [0.4, 0.5) is 11.4 Å². The van der Waals surface area contributed by atoms with Gasteiger partial charge >= 0.3 is 0 Å². The van der Waals surface area contributed by atoms with Gasteiger partial charge < -0.3 is 15.8 Å². The molecule has 5 nitrogen and oxygen atoms in total. The molecule has 0 bridgehead atoms. The molecule has 0 saturated carbocycles. The van der Waals surface area contributed by atoms with Gasteiger partial charge in [0.05, 0.1) is 18.5 Å². The summed E-state index contributed by atoms with van der Waals surface area (Å²) in [5, 5.41) is 2.80. The van der Waals surface area contributed by atoms with Gasteiger partial charge in [0.1, 0.15) is 0 Å². The van der Waals surface area contributed by atoms with E-state index in [1.54, 1.807) is 24.4 Å². The maximum atomic E-state index is 12.3. The van der Waals surface area contributed by atoms with E-state index in [-0.39, 0.29) is 5.91 Å². The van der Waals surface area contributed by atoms with Crippen molar-refractivity contribution in [1.82, 2.24) is 4.98 Å². The summed E-state index contributed by atoms with van der Waals surface area (Å²) in [5.74, 6) is 0.330. The highest BCUT2D eigenvalue weighted by Gasteiger charge is 2.11. The Kier molecular flexibility index (Phi) is 4.42. The second kappa shape index (κ2) is 6.26. The van der Waals surface area contributed by atoms with E-state index in [0.29, 0.717) is 29.4 Å². The van der Waals surface area contributed by atoms with Crippen LogP contribution in [0.3, 0.4) is 0 Å². The predicted octanol–water partition coefficient (Wildman–Crippen LogP) is 2.93. The van der Waals surface area contributed by atoms with Crippen LogP contribution in [0, 0.1) is 13.8 Å². The van der Waals surface area contributed by atoms with Gasteiger partial charge in [-0.05, 0) is 44.0 Å². The van der Waals surface area contributed by atoms with Gasteiger partial charge in [-0.1, -0.05) is 6.07 Å². The Labute approximate surface area is 124 Å². The van der Waals surface area contributed by atoms with E-state index < -0.39 is 0 Å². The van der Waals surface area contributed by atoms with Gasteiger partial charge in [-0.15, -0.1) is 0 Å². The highest BCUT2D eigenvalue weighted by atomic mass is 16.5. The van der Waals surface area contributed by atoms with Gasteiger partial charge in [0, 0.05) is 17.3 Å². The van der Waals surface area contributed by atoms with Gasteiger partial charge in [-0.25, -0.2) is 4.98 Å². The fraction of sp³-hybridized carbons (Fsp3) is 0.250. The van der Waals surface area contributed by atoms with Crippen LogP contribution in [0.5, 0.6) is 5.88 Å². The van der Waals surface area contributed by atoms with Crippen LogP contribution < -0.4 is 15.8 Å². The lowest BCUT2D eigenvalue weighted by molar-refractivity contribution is 0.102. The van der Waals surface area contributed by atoms with Crippen LogP contribution in [0.15, 0.2) is 30.5 Å². The number of anilines is 2. The topological polar surface area (TPSA) is 77.2 Å². The Morgan fingerprint density at radius 3 is 2.67 bits per heavy atom. The third-order valence-electron chi connectivity index (χ3n) is 3.14. The minimum absolute atomic E-state index is 0.204. The Morgan fingerprint density at radius 2 is 2.05 bits per heavy atom. The molecule has 21 heavy (non-hydrogen) atoms. The number of carbonyl (C=O) groups is 1. The lowest BCUT2D eigenvalue weighted by Crippen LogP contribution is -2.14. The van der Waals surface area contributed by atoms with Crippen molar-refractivity contribution in [1.29, 1.82) is 0 Å². The fourth-order valence-corrected chi connectivity index (χ4v) is 2.00. The highest BCUT2D eigenvalue weighted by Crippen LogP contribution is 2.19. The Morgan fingerprint density at radius 1 is 1.29 bits per heavy atom. The first kappa shape index (κ1) is 14.8. The third-order valence-corrected chi connectivity index (χ3v) is 3.14. The summed E-state index contributed by atoms with van der Waals surface area (Å²) in [6, 6.07) is 7.07. The molecule has 1 heterocycles. The number of nitrogen functional groups attached to an aromatic ring is 1. The number of rotatable bonds is 4. The fourth-order valence-electron chi connectivity index (χ4n) is 2.00. The molecule has 5 heteroatoms. The van der Waals surface area contributed by atoms with Crippen molar-refractivity contribution in [3.05, 3.63) is 47.2 Å². The number of pyridine rings is 1. The number of hydrogen-bond donors (Lipinski definition) is 2. The second-order valence-corrected chi connectivity index (χ2v) is 4.80. The molecule has 0 atom stereocenters. The lowest BCUT2D eigenvalue weighted by Gasteiger charge is -2.10. The summed E-state index contributed by atoms with van der Waals surface area (Å²) in [4.78, 5) is 16.4. The Bertz CT molecular complexity index is 651. The molecule has 1 amide bonds. The molecule has 0 fully saturated rings. The zero-order valence-electron chi connectivity index (χ0n) is 12.4. The predicted molar refractivity (Wildman–Crippen MR) is 83.7 cm³/mol. The first-order valence-corrected chi connectivity index (χ1v) is 6.78. The number of nitrogens with two attached hydrogens (primary N) is 1. The summed E-state index contributed by atoms with van der Waals surface area (Å²) < 4.78 is 5.26. The highest BCUT2D eigenvalue weighted by molar-refractivity contribution is 6.05. The number of nitrogens with zero attached hydrogens (tertiary/aromatic N) is 1. The van der Waals surface area contributed by atoms with Crippen LogP contribution in [-0.4, -0.2) is 17.5 Å². The van der Waals surface area contributed by atoms with Crippen LogP contribution >= 0.6 is 0 Å². The average Bonchev–Trinajstić information content (AvgIpc) is 2.45. The number of nitrogens with one attached hydrogen (secondary N) is 1. The standard InChI is InChI=1S/C16H19N3O2/c1-4-21-15-6-5-12(9-18-15)19-16(20)13-8-14(17)11(3)7-10(13)2/h5-9H,4,17H2,1-3H3,(H,19,20). The molecule has 2 aromatic rings. The number of amides is 1. The van der Waals surface area contributed by atoms with Crippen molar-refractivity contribution in [3.8, 4) is 5.88 Å². The quantitative estimate of drug-likeness (QED) is 0.847. The van der Waals surface area contributed by atoms with Gasteiger partial charge in [0.15, 0.2) is 0 Å². The number of aromatic nitrogens is 1. The first-order valence-electron chi connectivity index (χ1n) is 6.78. The zero-order chi connectivity index (χ0) is 15.4. The summed E-state index contributed by atoms with van der Waals surface area (Å²) in [7, 11) is 0. The molecule has 2 rings (SSSR count). The van der Waals surface area contributed by atoms with Crippen molar-refractivity contribution in [2.45, 2.75) is 20.8 Å². The van der Waals surface area contributed by atoms with Crippen molar-refractivity contribution < 1.29 is 9.53 Å². The zero-order valence-corrected chi connectivity index (χ0v) is 12.4. The largest absolute Gasteiger partial charge is 0.478 e. The molecule has 0 unspecified atom stereocenters. The molecule has 1 aromatic carbocycles. The summed E-state index contributed by atoms with van der Waals surface area (Å²) in [6.07, 6.45) is 1.57. The lowest BCUT2D eigenvalue weighted by atomic mass is 10.0. The smallest absolute Gasteiger partial charge is 0.256 e. The number of carbonyl (C=O) groups excluding carboxylic acids is 1. The molecule has 0 radical (unpaired) electrons. The number of hydrogen-bond acceptors (Lipinski definition) is 4. The van der Waals surface area contributed by atoms with E-state index in [1.165, 1.54) is 0 Å². The maximum Gasteiger partial charge on any atom is 0.256 e. The molecule has 0 spiro atoms. The van der Waals surface area contributed by atoms with Crippen LogP contribution in [0.1, 0.15) is 28.4 Å². The minimum Gasteiger partial charge on any atom is -0.478 e. The molecular weight excluding hydrogens is 266 g/mol. The molecule has 3 N–H and O–H groups in total. The molecule has 110 valence electrons. The molecular formula is C16H19N3O2. The molecule has 0 aliphatic rings. The summed E-state index contributed by atoms with van der Waals surface area (Å²) in [6.45, 7) is 6.25. The van der Waals surface area contributed by atoms with Crippen LogP contribution in [0.2, 0.25) is 0 Å². The second-order valence-electron chi connectivity index (χ2n) is 4.80. The van der Waals surface area contributed by atoms with Crippen molar-refractivity contribution >= 4 is 17.3 Å². The average molecular weight is 285 g/mol. The first-order chi connectivity index (χ1) is 10.0. The molecule has 0 saturated heterocycles. The van der Waals surface area contributed by atoms with Crippen molar-refractivity contribution in [2.75, 3.05) is 17.7 Å². The van der Waals surface area contributed by atoms with E-state index in [9.17, 15) is 4.79 Å². The normalized spacial score (nSPS) is 10.2. The van der Waals surface area contributed by atoms with Gasteiger partial charge in [-0.2, -0.15) is 0 Å². The van der Waals surface area contributed by atoms with Crippen molar-refractivity contribution in [3.63, 3.8) is 0 Å². The summed E-state index contributed by atoms with van der Waals surface area (Å²) >= 11 is 0. The van der Waals surface area contributed by atoms with E-state index in [1.807, 2.05) is 26.8 Å². The third kappa shape index (κ3) is 3.51. The van der Waals surface area contributed by atoms with Crippen molar-refractivity contribution in [2.24, 2.45) is 0 Å². The SMILES string of the molecule is CCOc1ccc(NC(=O)c2cc(N)c(C)cc2C)cn1. The number of aryl methyl sites for hydroxylation is 2.